The highest BCUT2D eigenvalue weighted by atomic mass is 16.3. The van der Waals surface area contributed by atoms with Crippen LogP contribution < -0.4 is 5.32 Å². The van der Waals surface area contributed by atoms with Gasteiger partial charge in [-0.15, -0.1) is 0 Å². The zero-order chi connectivity index (χ0) is 9.68. The molecule has 1 fully saturated rings. The lowest BCUT2D eigenvalue weighted by atomic mass is 9.86. The molecule has 2 heteroatoms. The average molecular weight is 185 g/mol. The van der Waals surface area contributed by atoms with E-state index in [-0.39, 0.29) is 6.10 Å². The van der Waals surface area contributed by atoms with E-state index in [1.807, 2.05) is 0 Å². The standard InChI is InChI=1S/C11H23NO/c1-3-9(2)8-11(13)10-4-6-12-7-5-10/h9-13H,3-8H2,1-2H3. The average Bonchev–Trinajstić information content (AvgIpc) is 2.19. The van der Waals surface area contributed by atoms with Gasteiger partial charge in [-0.2, -0.15) is 0 Å². The molecule has 0 aromatic heterocycles. The lowest BCUT2D eigenvalue weighted by Gasteiger charge is -2.28. The molecule has 0 spiro atoms. The summed E-state index contributed by atoms with van der Waals surface area (Å²) < 4.78 is 0. The van der Waals surface area contributed by atoms with Crippen LogP contribution in [0.4, 0.5) is 0 Å². The monoisotopic (exact) mass is 185 g/mol. The third-order valence-electron chi connectivity index (χ3n) is 3.27. The van der Waals surface area contributed by atoms with Crippen molar-refractivity contribution in [3.63, 3.8) is 0 Å². The van der Waals surface area contributed by atoms with E-state index in [2.05, 4.69) is 19.2 Å². The first-order chi connectivity index (χ1) is 6.24. The van der Waals surface area contributed by atoms with Crippen LogP contribution in [0.15, 0.2) is 0 Å². The molecule has 0 aromatic rings. The second kappa shape index (κ2) is 5.61. The number of hydrogen-bond acceptors (Lipinski definition) is 2. The largest absolute Gasteiger partial charge is 0.393 e. The quantitative estimate of drug-likeness (QED) is 0.700. The van der Waals surface area contributed by atoms with E-state index in [9.17, 15) is 5.11 Å². The normalized spacial score (nSPS) is 24.2. The smallest absolute Gasteiger partial charge is 0.0571 e. The Morgan fingerprint density at radius 3 is 2.54 bits per heavy atom. The Labute approximate surface area is 81.7 Å². The van der Waals surface area contributed by atoms with Gasteiger partial charge in [-0.3, -0.25) is 0 Å². The van der Waals surface area contributed by atoms with E-state index in [1.54, 1.807) is 0 Å². The second-order valence-corrected chi connectivity index (χ2v) is 4.40. The SMILES string of the molecule is CCC(C)CC(O)C1CCNCC1. The molecule has 2 unspecified atom stereocenters. The number of aliphatic hydroxyl groups is 1. The van der Waals surface area contributed by atoms with Crippen molar-refractivity contribution >= 4 is 0 Å². The van der Waals surface area contributed by atoms with Gasteiger partial charge in [0.2, 0.25) is 0 Å². The van der Waals surface area contributed by atoms with Gasteiger partial charge in [-0.25, -0.2) is 0 Å². The van der Waals surface area contributed by atoms with E-state index in [1.165, 1.54) is 6.42 Å². The van der Waals surface area contributed by atoms with Crippen molar-refractivity contribution in [1.82, 2.24) is 5.32 Å². The van der Waals surface area contributed by atoms with Crippen molar-refractivity contribution in [3.05, 3.63) is 0 Å². The molecule has 1 heterocycles. The molecular weight excluding hydrogens is 162 g/mol. The predicted octanol–water partition coefficient (Wildman–Crippen LogP) is 1.78. The fourth-order valence-corrected chi connectivity index (χ4v) is 2.00. The summed E-state index contributed by atoms with van der Waals surface area (Å²) in [5.74, 6) is 1.22. The van der Waals surface area contributed by atoms with Crippen LogP contribution in [-0.4, -0.2) is 24.3 Å². The Balaban J connectivity index is 2.24. The third kappa shape index (κ3) is 3.65. The summed E-state index contributed by atoms with van der Waals surface area (Å²) in [5.41, 5.74) is 0. The maximum Gasteiger partial charge on any atom is 0.0571 e. The van der Waals surface area contributed by atoms with E-state index >= 15 is 0 Å². The number of nitrogens with one attached hydrogen (secondary N) is 1. The summed E-state index contributed by atoms with van der Waals surface area (Å²) in [6, 6.07) is 0. The van der Waals surface area contributed by atoms with Crippen LogP contribution in [-0.2, 0) is 0 Å². The third-order valence-corrected chi connectivity index (χ3v) is 3.27. The Hall–Kier alpha value is -0.0800. The Morgan fingerprint density at radius 2 is 2.00 bits per heavy atom. The molecule has 1 saturated heterocycles. The molecule has 2 N–H and O–H groups in total. The van der Waals surface area contributed by atoms with E-state index in [0.717, 1.165) is 32.4 Å². The zero-order valence-electron chi connectivity index (χ0n) is 8.92. The molecule has 1 aliphatic heterocycles. The summed E-state index contributed by atoms with van der Waals surface area (Å²) in [4.78, 5) is 0. The van der Waals surface area contributed by atoms with Gasteiger partial charge in [0.05, 0.1) is 6.10 Å². The lowest BCUT2D eigenvalue weighted by molar-refractivity contribution is 0.0674. The molecule has 2 atom stereocenters. The van der Waals surface area contributed by atoms with E-state index < -0.39 is 0 Å². The number of aliphatic hydroxyl groups excluding tert-OH is 1. The Bertz CT molecular complexity index is 132. The van der Waals surface area contributed by atoms with Gasteiger partial charge in [-0.1, -0.05) is 20.3 Å². The predicted molar refractivity (Wildman–Crippen MR) is 55.7 cm³/mol. The van der Waals surface area contributed by atoms with Crippen molar-refractivity contribution in [1.29, 1.82) is 0 Å². The maximum atomic E-state index is 9.95. The molecule has 0 saturated carbocycles. The highest BCUT2D eigenvalue weighted by molar-refractivity contribution is 4.76. The highest BCUT2D eigenvalue weighted by Crippen LogP contribution is 2.22. The van der Waals surface area contributed by atoms with Gasteiger partial charge >= 0.3 is 0 Å². The minimum absolute atomic E-state index is 0.0583. The van der Waals surface area contributed by atoms with Crippen LogP contribution in [0.25, 0.3) is 0 Å². The van der Waals surface area contributed by atoms with Crippen molar-refractivity contribution in [2.75, 3.05) is 13.1 Å². The van der Waals surface area contributed by atoms with Crippen LogP contribution >= 0.6 is 0 Å². The Kier molecular flexibility index (Phi) is 4.74. The molecule has 0 aromatic carbocycles. The van der Waals surface area contributed by atoms with E-state index in [4.69, 9.17) is 0 Å². The van der Waals surface area contributed by atoms with Gasteiger partial charge < -0.3 is 10.4 Å². The molecular formula is C11H23NO. The van der Waals surface area contributed by atoms with Crippen LogP contribution in [0, 0.1) is 11.8 Å². The summed E-state index contributed by atoms with van der Waals surface area (Å²) >= 11 is 0. The molecule has 0 amide bonds. The van der Waals surface area contributed by atoms with Crippen LogP contribution in [0.2, 0.25) is 0 Å². The van der Waals surface area contributed by atoms with E-state index in [0.29, 0.717) is 11.8 Å². The molecule has 78 valence electrons. The van der Waals surface area contributed by atoms with Gasteiger partial charge in [0, 0.05) is 0 Å². The van der Waals surface area contributed by atoms with Crippen molar-refractivity contribution in [3.8, 4) is 0 Å². The number of piperidine rings is 1. The topological polar surface area (TPSA) is 32.3 Å². The summed E-state index contributed by atoms with van der Waals surface area (Å²) in [5, 5.41) is 13.3. The molecule has 2 nitrogen and oxygen atoms in total. The minimum Gasteiger partial charge on any atom is -0.393 e. The van der Waals surface area contributed by atoms with Gasteiger partial charge in [0.1, 0.15) is 0 Å². The van der Waals surface area contributed by atoms with Crippen LogP contribution in [0.1, 0.15) is 39.5 Å². The van der Waals surface area contributed by atoms with Gasteiger partial charge in [-0.05, 0) is 44.2 Å². The number of hydrogen-bond donors (Lipinski definition) is 2. The lowest BCUT2D eigenvalue weighted by Crippen LogP contribution is -2.34. The fourth-order valence-electron chi connectivity index (χ4n) is 2.00. The first-order valence-corrected chi connectivity index (χ1v) is 5.62. The van der Waals surface area contributed by atoms with Gasteiger partial charge in [0.25, 0.3) is 0 Å². The molecule has 1 rings (SSSR count). The first-order valence-electron chi connectivity index (χ1n) is 5.62. The molecule has 1 aliphatic rings. The van der Waals surface area contributed by atoms with Crippen molar-refractivity contribution < 1.29 is 5.11 Å². The summed E-state index contributed by atoms with van der Waals surface area (Å²) in [6.07, 6.45) is 4.41. The minimum atomic E-state index is -0.0583. The number of rotatable bonds is 4. The van der Waals surface area contributed by atoms with Crippen molar-refractivity contribution in [2.45, 2.75) is 45.6 Å². The Morgan fingerprint density at radius 1 is 1.38 bits per heavy atom. The highest BCUT2D eigenvalue weighted by Gasteiger charge is 2.22. The van der Waals surface area contributed by atoms with Crippen LogP contribution in [0.3, 0.4) is 0 Å². The maximum absolute atomic E-state index is 9.95. The molecule has 0 radical (unpaired) electrons. The molecule has 0 bridgehead atoms. The second-order valence-electron chi connectivity index (χ2n) is 4.40. The molecule has 13 heavy (non-hydrogen) atoms. The van der Waals surface area contributed by atoms with Crippen LogP contribution in [0.5, 0.6) is 0 Å². The summed E-state index contributed by atoms with van der Waals surface area (Å²) in [6.45, 7) is 6.59. The fraction of sp³-hybridized carbons (Fsp3) is 1.00. The van der Waals surface area contributed by atoms with Gasteiger partial charge in [0.15, 0.2) is 0 Å². The molecule has 0 aliphatic carbocycles. The zero-order valence-corrected chi connectivity index (χ0v) is 8.92. The van der Waals surface area contributed by atoms with Crippen molar-refractivity contribution in [2.24, 2.45) is 11.8 Å². The first kappa shape index (κ1) is 11.0. The summed E-state index contributed by atoms with van der Waals surface area (Å²) in [7, 11) is 0.